The quantitative estimate of drug-likeness (QED) is 0.638. The van der Waals surface area contributed by atoms with Crippen molar-refractivity contribution in [1.82, 2.24) is 9.61 Å². The second kappa shape index (κ2) is 2.55. The number of halogens is 2. The number of hydrogen-bond donors (Lipinski definition) is 0. The Hall–Kier alpha value is -1.45. The van der Waals surface area contributed by atoms with Crippen molar-refractivity contribution >= 4 is 5.52 Å². The number of nitrogens with zero attached hydrogens (tertiary/aromatic N) is 2. The minimum atomic E-state index is -2.44. The summed E-state index contributed by atoms with van der Waals surface area (Å²) in [5, 5.41) is 3.85. The van der Waals surface area contributed by atoms with Gasteiger partial charge in [-0.3, -0.25) is 0 Å². The molecule has 0 aliphatic heterocycles. The van der Waals surface area contributed by atoms with E-state index in [-0.39, 0.29) is 5.56 Å². The summed E-state index contributed by atoms with van der Waals surface area (Å²) in [4.78, 5) is 0. The second-order valence-electron chi connectivity index (χ2n) is 2.43. The molecule has 2 heterocycles. The van der Waals surface area contributed by atoms with Gasteiger partial charge in [-0.25, -0.2) is 13.3 Å². The highest BCUT2D eigenvalue weighted by Crippen LogP contribution is 2.22. The van der Waals surface area contributed by atoms with Crippen LogP contribution >= 0.6 is 0 Å². The molecule has 2 rings (SSSR count). The van der Waals surface area contributed by atoms with Gasteiger partial charge in [0, 0.05) is 18.0 Å². The van der Waals surface area contributed by atoms with Crippen LogP contribution in [0.3, 0.4) is 0 Å². The Bertz CT molecular complexity index is 395. The Morgan fingerprint density at radius 1 is 1.33 bits per heavy atom. The van der Waals surface area contributed by atoms with Crippen LogP contribution in [-0.2, 0) is 0 Å². The number of aromatic nitrogens is 2. The summed E-state index contributed by atoms with van der Waals surface area (Å²) < 4.78 is 26.1. The SMILES string of the molecule is FC(F)c1cccn2nccc12. The average molecular weight is 168 g/mol. The zero-order valence-electron chi connectivity index (χ0n) is 6.11. The van der Waals surface area contributed by atoms with Gasteiger partial charge in [0.25, 0.3) is 6.43 Å². The predicted molar refractivity (Wildman–Crippen MR) is 40.1 cm³/mol. The van der Waals surface area contributed by atoms with Crippen molar-refractivity contribution in [1.29, 1.82) is 0 Å². The minimum Gasteiger partial charge on any atom is -0.241 e. The van der Waals surface area contributed by atoms with E-state index in [1.807, 2.05) is 0 Å². The van der Waals surface area contributed by atoms with Crippen LogP contribution in [0.5, 0.6) is 0 Å². The standard InChI is InChI=1S/C8H6F2N2/c9-8(10)6-2-1-5-12-7(6)3-4-11-12/h1-5,8H. The van der Waals surface area contributed by atoms with E-state index in [2.05, 4.69) is 5.10 Å². The maximum atomic E-state index is 12.3. The summed E-state index contributed by atoms with van der Waals surface area (Å²) in [7, 11) is 0. The molecular weight excluding hydrogens is 162 g/mol. The predicted octanol–water partition coefficient (Wildman–Crippen LogP) is 2.27. The number of alkyl halides is 2. The van der Waals surface area contributed by atoms with Crippen LogP contribution in [0, 0.1) is 0 Å². The van der Waals surface area contributed by atoms with Gasteiger partial charge in [-0.15, -0.1) is 0 Å². The van der Waals surface area contributed by atoms with E-state index in [4.69, 9.17) is 0 Å². The third kappa shape index (κ3) is 0.958. The van der Waals surface area contributed by atoms with Crippen LogP contribution in [-0.4, -0.2) is 9.61 Å². The van der Waals surface area contributed by atoms with Gasteiger partial charge in [-0.2, -0.15) is 5.10 Å². The fraction of sp³-hybridized carbons (Fsp3) is 0.125. The van der Waals surface area contributed by atoms with Crippen molar-refractivity contribution < 1.29 is 8.78 Å². The first kappa shape index (κ1) is 7.21. The molecule has 0 radical (unpaired) electrons. The number of rotatable bonds is 1. The molecule has 2 nitrogen and oxygen atoms in total. The summed E-state index contributed by atoms with van der Waals surface area (Å²) in [5.74, 6) is 0. The molecule has 2 aromatic rings. The smallest absolute Gasteiger partial charge is 0.241 e. The van der Waals surface area contributed by atoms with E-state index in [1.54, 1.807) is 18.3 Å². The molecule has 12 heavy (non-hydrogen) atoms. The Morgan fingerprint density at radius 3 is 2.92 bits per heavy atom. The first-order valence-corrected chi connectivity index (χ1v) is 3.49. The van der Waals surface area contributed by atoms with Crippen LogP contribution in [0.25, 0.3) is 5.52 Å². The summed E-state index contributed by atoms with van der Waals surface area (Å²) in [5.41, 5.74) is 0.488. The van der Waals surface area contributed by atoms with Gasteiger partial charge in [0.05, 0.1) is 5.52 Å². The van der Waals surface area contributed by atoms with Gasteiger partial charge in [-0.05, 0) is 18.2 Å². The lowest BCUT2D eigenvalue weighted by atomic mass is 10.2. The molecule has 0 amide bonds. The van der Waals surface area contributed by atoms with Gasteiger partial charge < -0.3 is 0 Å². The molecule has 0 aliphatic rings. The summed E-state index contributed by atoms with van der Waals surface area (Å²) in [6.07, 6.45) is 0.702. The maximum Gasteiger partial charge on any atom is 0.265 e. The monoisotopic (exact) mass is 168 g/mol. The van der Waals surface area contributed by atoms with Crippen LogP contribution < -0.4 is 0 Å². The lowest BCUT2D eigenvalue weighted by Gasteiger charge is -2.00. The van der Waals surface area contributed by atoms with E-state index >= 15 is 0 Å². The summed E-state index contributed by atoms with van der Waals surface area (Å²) >= 11 is 0. The molecule has 0 bridgehead atoms. The lowest BCUT2D eigenvalue weighted by Crippen LogP contribution is -1.91. The Labute approximate surface area is 67.4 Å². The fourth-order valence-electron chi connectivity index (χ4n) is 1.16. The van der Waals surface area contributed by atoms with Gasteiger partial charge in [0.1, 0.15) is 0 Å². The summed E-state index contributed by atoms with van der Waals surface area (Å²) in [6.45, 7) is 0. The molecule has 62 valence electrons. The average Bonchev–Trinajstić information content (AvgIpc) is 2.49. The molecule has 0 unspecified atom stereocenters. The normalized spacial score (nSPS) is 11.2. The molecule has 0 aliphatic carbocycles. The Kier molecular flexibility index (Phi) is 1.53. The van der Waals surface area contributed by atoms with E-state index in [0.29, 0.717) is 5.52 Å². The first-order chi connectivity index (χ1) is 5.79. The van der Waals surface area contributed by atoms with Crippen molar-refractivity contribution in [3.63, 3.8) is 0 Å². The van der Waals surface area contributed by atoms with Crippen LogP contribution in [0.15, 0.2) is 30.6 Å². The zero-order chi connectivity index (χ0) is 8.55. The third-order valence-electron chi connectivity index (χ3n) is 1.70. The fourth-order valence-corrected chi connectivity index (χ4v) is 1.16. The van der Waals surface area contributed by atoms with Crippen molar-refractivity contribution in [3.05, 3.63) is 36.2 Å². The molecule has 0 atom stereocenters. The molecular formula is C8H6F2N2. The highest BCUT2D eigenvalue weighted by molar-refractivity contribution is 5.53. The molecule has 0 N–H and O–H groups in total. The first-order valence-electron chi connectivity index (χ1n) is 3.49. The van der Waals surface area contributed by atoms with E-state index < -0.39 is 6.43 Å². The molecule has 0 fully saturated rings. The van der Waals surface area contributed by atoms with Gasteiger partial charge in [0.2, 0.25) is 0 Å². The van der Waals surface area contributed by atoms with Crippen molar-refractivity contribution in [2.45, 2.75) is 6.43 Å². The topological polar surface area (TPSA) is 17.3 Å². The minimum absolute atomic E-state index is 0.0231. The highest BCUT2D eigenvalue weighted by Gasteiger charge is 2.10. The second-order valence-corrected chi connectivity index (χ2v) is 2.43. The molecule has 0 saturated heterocycles. The number of fused-ring (bicyclic) bond motifs is 1. The molecule has 4 heteroatoms. The van der Waals surface area contributed by atoms with Crippen molar-refractivity contribution in [3.8, 4) is 0 Å². The largest absolute Gasteiger partial charge is 0.265 e. The van der Waals surface area contributed by atoms with E-state index in [0.717, 1.165) is 0 Å². The van der Waals surface area contributed by atoms with Crippen molar-refractivity contribution in [2.24, 2.45) is 0 Å². The maximum absolute atomic E-state index is 12.3. The van der Waals surface area contributed by atoms with Crippen LogP contribution in [0.4, 0.5) is 8.78 Å². The van der Waals surface area contributed by atoms with Crippen LogP contribution in [0.1, 0.15) is 12.0 Å². The van der Waals surface area contributed by atoms with Crippen molar-refractivity contribution in [2.75, 3.05) is 0 Å². The van der Waals surface area contributed by atoms with Gasteiger partial charge in [-0.1, -0.05) is 0 Å². The zero-order valence-corrected chi connectivity index (χ0v) is 6.11. The Morgan fingerprint density at radius 2 is 2.17 bits per heavy atom. The lowest BCUT2D eigenvalue weighted by molar-refractivity contribution is 0.152. The van der Waals surface area contributed by atoms with Crippen LogP contribution in [0.2, 0.25) is 0 Å². The number of pyridine rings is 1. The molecule has 0 saturated carbocycles. The molecule has 0 aromatic carbocycles. The van der Waals surface area contributed by atoms with Gasteiger partial charge >= 0.3 is 0 Å². The molecule has 0 spiro atoms. The molecule has 2 aromatic heterocycles. The highest BCUT2D eigenvalue weighted by atomic mass is 19.3. The third-order valence-corrected chi connectivity index (χ3v) is 1.70. The van der Waals surface area contributed by atoms with E-state index in [9.17, 15) is 8.78 Å². The van der Waals surface area contributed by atoms with E-state index in [1.165, 1.54) is 16.8 Å². The number of hydrogen-bond acceptors (Lipinski definition) is 1. The summed E-state index contributed by atoms with van der Waals surface area (Å²) in [6, 6.07) is 4.53. The van der Waals surface area contributed by atoms with Gasteiger partial charge in [0.15, 0.2) is 0 Å². The Balaban J connectivity index is 2.73.